The number of halogens is 1. The molecule has 0 aliphatic heterocycles. The lowest BCUT2D eigenvalue weighted by atomic mass is 10.0. The molecule has 6 nitrogen and oxygen atoms in total. The lowest BCUT2D eigenvalue weighted by Crippen LogP contribution is -2.67. The first-order valence-electron chi connectivity index (χ1n) is 10.6. The molecule has 0 spiro atoms. The molecule has 1 atom stereocenters. The van der Waals surface area contributed by atoms with Gasteiger partial charge < -0.3 is 16.4 Å². The molecule has 178 valence electrons. The number of aryl methyl sites for hydroxylation is 1. The predicted molar refractivity (Wildman–Crippen MR) is 141 cm³/mol. The van der Waals surface area contributed by atoms with E-state index in [0.717, 1.165) is 11.1 Å². The Labute approximate surface area is 210 Å². The van der Waals surface area contributed by atoms with Crippen LogP contribution in [0.4, 0.5) is 11.4 Å². The fraction of sp³-hybridized carbons (Fsp3) is 0.192. The van der Waals surface area contributed by atoms with Crippen molar-refractivity contribution in [1.29, 1.82) is 0 Å². The number of rotatable bonds is 8. The van der Waals surface area contributed by atoms with Gasteiger partial charge in [-0.2, -0.15) is 12.6 Å². The number of hydrogen-bond acceptors (Lipinski definition) is 4. The van der Waals surface area contributed by atoms with E-state index in [1.54, 1.807) is 42.5 Å². The Morgan fingerprint density at radius 1 is 0.941 bits per heavy atom. The van der Waals surface area contributed by atoms with Crippen molar-refractivity contribution in [2.75, 3.05) is 22.8 Å². The summed E-state index contributed by atoms with van der Waals surface area (Å²) in [6, 6.07) is 20.8. The zero-order valence-corrected chi connectivity index (χ0v) is 20.8. The summed E-state index contributed by atoms with van der Waals surface area (Å²) in [5, 5.41) is 5.59. The van der Waals surface area contributed by atoms with Gasteiger partial charge in [0.25, 0.3) is 5.91 Å². The van der Waals surface area contributed by atoms with Crippen LogP contribution in [0.5, 0.6) is 0 Å². The maximum Gasteiger partial charge on any atom is 0.283 e. The van der Waals surface area contributed by atoms with Gasteiger partial charge in [-0.25, -0.2) is 0 Å². The number of nitrogens with one attached hydrogen (secondary N) is 2. The van der Waals surface area contributed by atoms with Crippen LogP contribution < -0.4 is 16.4 Å². The van der Waals surface area contributed by atoms with E-state index < -0.39 is 6.04 Å². The molecule has 0 aromatic heterocycles. The molecule has 0 heterocycles. The van der Waals surface area contributed by atoms with Gasteiger partial charge >= 0.3 is 0 Å². The number of thiol groups is 1. The first-order chi connectivity index (χ1) is 16.4. The monoisotopic (exact) mass is 498 g/mol. The van der Waals surface area contributed by atoms with E-state index >= 15 is 0 Å². The summed E-state index contributed by atoms with van der Waals surface area (Å²) in [4.78, 5) is 38.1. The third kappa shape index (κ3) is 7.73. The Bertz CT molecular complexity index is 1120. The summed E-state index contributed by atoms with van der Waals surface area (Å²) in [5.74, 6) is -0.489. The zero-order chi connectivity index (χ0) is 25.1. The SMILES string of the molecule is CCl.Cc1ccc(CC(=O)Nc2ccc(NC(=O)C([NH3+])CS)cc2C(=O)c2ccccc2)cc1. The van der Waals surface area contributed by atoms with Gasteiger partial charge in [0.05, 0.1) is 17.9 Å². The second kappa shape index (κ2) is 13.5. The summed E-state index contributed by atoms with van der Waals surface area (Å²) in [5.41, 5.74) is 7.34. The number of ketones is 1. The second-order valence-electron chi connectivity index (χ2n) is 7.53. The van der Waals surface area contributed by atoms with Crippen LogP contribution in [0, 0.1) is 6.92 Å². The van der Waals surface area contributed by atoms with Gasteiger partial charge in [0.2, 0.25) is 5.91 Å². The smallest absolute Gasteiger partial charge is 0.283 e. The highest BCUT2D eigenvalue weighted by Crippen LogP contribution is 2.24. The lowest BCUT2D eigenvalue weighted by Gasteiger charge is -2.14. The quantitative estimate of drug-likeness (QED) is 0.216. The Morgan fingerprint density at radius 3 is 2.21 bits per heavy atom. The molecule has 3 rings (SSSR count). The Morgan fingerprint density at radius 2 is 1.59 bits per heavy atom. The fourth-order valence-corrected chi connectivity index (χ4v) is 3.24. The standard InChI is InChI=1S/C25H25N3O3S.CH3Cl/c1-16-7-9-17(10-8-16)13-23(29)28-22-12-11-19(27-25(31)21(26)15-32)14-20(22)24(30)18-5-3-2-4-6-18;1-2/h2-12,14,21,32H,13,15,26H2,1H3,(H,27,31)(H,28,29);1H3/p+1. The third-order valence-electron chi connectivity index (χ3n) is 4.92. The van der Waals surface area contributed by atoms with Crippen LogP contribution in [-0.4, -0.2) is 35.8 Å². The van der Waals surface area contributed by atoms with E-state index in [9.17, 15) is 14.4 Å². The van der Waals surface area contributed by atoms with E-state index in [4.69, 9.17) is 0 Å². The van der Waals surface area contributed by atoms with Gasteiger partial charge in [0, 0.05) is 23.2 Å². The average molecular weight is 499 g/mol. The van der Waals surface area contributed by atoms with Gasteiger partial charge in [-0.15, -0.1) is 11.6 Å². The normalized spacial score (nSPS) is 11.0. The van der Waals surface area contributed by atoms with E-state index in [2.05, 4.69) is 40.6 Å². The fourth-order valence-electron chi connectivity index (χ4n) is 3.08. The van der Waals surface area contributed by atoms with Crippen molar-refractivity contribution in [3.8, 4) is 0 Å². The van der Waals surface area contributed by atoms with Crippen LogP contribution in [0.1, 0.15) is 27.0 Å². The van der Waals surface area contributed by atoms with Crippen molar-refractivity contribution in [1.82, 2.24) is 0 Å². The number of alkyl halides is 1. The molecular formula is C26H29ClN3O3S+. The van der Waals surface area contributed by atoms with Gasteiger partial charge in [0.15, 0.2) is 11.8 Å². The van der Waals surface area contributed by atoms with E-state index in [1.165, 1.54) is 6.38 Å². The summed E-state index contributed by atoms with van der Waals surface area (Å²) < 4.78 is 0. The molecule has 1 unspecified atom stereocenters. The molecule has 0 bridgehead atoms. The van der Waals surface area contributed by atoms with Crippen LogP contribution >= 0.6 is 24.2 Å². The topological polar surface area (TPSA) is 103 Å². The van der Waals surface area contributed by atoms with Crippen LogP contribution in [0.3, 0.4) is 0 Å². The Kier molecular flexibility index (Phi) is 10.8. The van der Waals surface area contributed by atoms with Crippen LogP contribution in [0.2, 0.25) is 0 Å². The minimum atomic E-state index is -0.527. The number of carbonyl (C=O) groups excluding carboxylic acids is 3. The Balaban J connectivity index is 0.00000199. The highest BCUT2D eigenvalue weighted by Gasteiger charge is 2.19. The highest BCUT2D eigenvalue weighted by atomic mass is 35.5. The lowest BCUT2D eigenvalue weighted by molar-refractivity contribution is -0.395. The first kappa shape index (κ1) is 27.1. The van der Waals surface area contributed by atoms with Crippen LogP contribution in [0.15, 0.2) is 72.8 Å². The molecule has 0 radical (unpaired) electrons. The van der Waals surface area contributed by atoms with Crippen molar-refractivity contribution in [3.05, 3.63) is 95.1 Å². The molecule has 34 heavy (non-hydrogen) atoms. The van der Waals surface area contributed by atoms with Crippen molar-refractivity contribution < 1.29 is 20.1 Å². The number of benzene rings is 3. The number of anilines is 2. The van der Waals surface area contributed by atoms with Gasteiger partial charge in [-0.1, -0.05) is 60.2 Å². The van der Waals surface area contributed by atoms with Crippen LogP contribution in [0.25, 0.3) is 0 Å². The molecule has 3 aromatic rings. The summed E-state index contributed by atoms with van der Waals surface area (Å²) in [7, 11) is 0. The molecule has 0 aliphatic rings. The van der Waals surface area contributed by atoms with E-state index in [1.807, 2.05) is 37.3 Å². The minimum Gasteiger partial charge on any atom is -0.347 e. The molecule has 0 saturated heterocycles. The molecule has 8 heteroatoms. The minimum absolute atomic E-state index is 0.183. The first-order valence-corrected chi connectivity index (χ1v) is 12.0. The number of hydrogen-bond donors (Lipinski definition) is 4. The van der Waals surface area contributed by atoms with E-state index in [0.29, 0.717) is 22.7 Å². The second-order valence-corrected chi connectivity index (χ2v) is 7.90. The maximum absolute atomic E-state index is 13.2. The van der Waals surface area contributed by atoms with Crippen LogP contribution in [-0.2, 0) is 16.0 Å². The average Bonchev–Trinajstić information content (AvgIpc) is 2.87. The summed E-state index contributed by atoms with van der Waals surface area (Å²) >= 11 is 8.74. The highest BCUT2D eigenvalue weighted by molar-refractivity contribution is 7.80. The molecule has 5 N–H and O–H groups in total. The van der Waals surface area contributed by atoms with Crippen molar-refractivity contribution in [2.45, 2.75) is 19.4 Å². The molecule has 3 aromatic carbocycles. The number of carbonyl (C=O) groups is 3. The maximum atomic E-state index is 13.2. The summed E-state index contributed by atoms with van der Waals surface area (Å²) in [6.07, 6.45) is 1.66. The Hall–Kier alpha value is -3.13. The molecule has 0 aliphatic carbocycles. The third-order valence-corrected chi connectivity index (χ3v) is 5.36. The largest absolute Gasteiger partial charge is 0.347 e. The number of amides is 2. The predicted octanol–water partition coefficient (Wildman–Crippen LogP) is 3.74. The summed E-state index contributed by atoms with van der Waals surface area (Å²) in [6.45, 7) is 1.98. The van der Waals surface area contributed by atoms with Gasteiger partial charge in [-0.05, 0) is 30.7 Å². The van der Waals surface area contributed by atoms with Crippen molar-refractivity contribution in [3.63, 3.8) is 0 Å². The van der Waals surface area contributed by atoms with Crippen molar-refractivity contribution >= 4 is 53.2 Å². The molecule has 2 amide bonds. The molecule has 0 fully saturated rings. The van der Waals surface area contributed by atoms with E-state index in [-0.39, 0.29) is 29.6 Å². The molecular weight excluding hydrogens is 470 g/mol. The number of quaternary nitrogens is 1. The van der Waals surface area contributed by atoms with Crippen molar-refractivity contribution in [2.24, 2.45) is 0 Å². The van der Waals surface area contributed by atoms with Gasteiger partial charge in [-0.3, -0.25) is 14.4 Å². The van der Waals surface area contributed by atoms with Gasteiger partial charge in [0.1, 0.15) is 0 Å². The molecule has 0 saturated carbocycles. The zero-order valence-electron chi connectivity index (χ0n) is 19.2.